The largest absolute Gasteiger partial charge is 0.460 e. The van der Waals surface area contributed by atoms with Crippen LogP contribution in [0.15, 0.2) is 21.1 Å². The highest BCUT2D eigenvalue weighted by molar-refractivity contribution is 6.03. The monoisotopic (exact) mass is 319 g/mol. The number of aryl methyl sites for hydroxylation is 1. The summed E-state index contributed by atoms with van der Waals surface area (Å²) in [7, 11) is 0. The number of carbonyl (C=O) groups is 1. The normalized spacial score (nSPS) is 12.3. The molecule has 0 aliphatic rings. The van der Waals surface area contributed by atoms with Crippen molar-refractivity contribution in [1.82, 2.24) is 10.5 Å². The standard InChI is InChI=1S/C17H25N3O3/c1-4-6-7-12(5-2)10-19-17(21)14-15(20-23-16(14)18)13-9-8-11(3)22-13/h8-9,12H,4-7,10,18H2,1-3H3,(H,19,21). The van der Waals surface area contributed by atoms with E-state index in [1.807, 2.05) is 6.92 Å². The van der Waals surface area contributed by atoms with Crippen LogP contribution in [0.4, 0.5) is 5.88 Å². The topological polar surface area (TPSA) is 94.3 Å². The number of amides is 1. The Morgan fingerprint density at radius 1 is 1.39 bits per heavy atom. The summed E-state index contributed by atoms with van der Waals surface area (Å²) in [4.78, 5) is 12.5. The maximum absolute atomic E-state index is 12.5. The molecule has 2 aromatic heterocycles. The molecule has 6 heteroatoms. The Balaban J connectivity index is 2.09. The number of hydrogen-bond acceptors (Lipinski definition) is 5. The summed E-state index contributed by atoms with van der Waals surface area (Å²) in [5.74, 6) is 1.41. The van der Waals surface area contributed by atoms with E-state index in [2.05, 4.69) is 24.3 Å². The second kappa shape index (κ2) is 7.85. The lowest BCUT2D eigenvalue weighted by Gasteiger charge is -2.15. The Kier molecular flexibility index (Phi) is 5.84. The van der Waals surface area contributed by atoms with Gasteiger partial charge in [0.05, 0.1) is 0 Å². The zero-order valence-electron chi connectivity index (χ0n) is 14.0. The van der Waals surface area contributed by atoms with Crippen molar-refractivity contribution in [2.75, 3.05) is 12.3 Å². The van der Waals surface area contributed by atoms with Crippen LogP contribution in [0.3, 0.4) is 0 Å². The van der Waals surface area contributed by atoms with Crippen LogP contribution in [0, 0.1) is 12.8 Å². The molecular weight excluding hydrogens is 294 g/mol. The second-order valence-electron chi connectivity index (χ2n) is 5.81. The highest BCUT2D eigenvalue weighted by Gasteiger charge is 2.24. The fourth-order valence-corrected chi connectivity index (χ4v) is 2.52. The first kappa shape index (κ1) is 17.1. The van der Waals surface area contributed by atoms with Crippen molar-refractivity contribution < 1.29 is 13.7 Å². The molecule has 0 saturated carbocycles. The zero-order valence-corrected chi connectivity index (χ0v) is 14.0. The Morgan fingerprint density at radius 3 is 2.78 bits per heavy atom. The van der Waals surface area contributed by atoms with E-state index in [9.17, 15) is 4.79 Å². The van der Waals surface area contributed by atoms with Gasteiger partial charge in [-0.1, -0.05) is 38.3 Å². The molecule has 2 heterocycles. The molecule has 0 saturated heterocycles. The number of unbranched alkanes of at least 4 members (excludes halogenated alkanes) is 1. The summed E-state index contributed by atoms with van der Waals surface area (Å²) in [6.07, 6.45) is 4.46. The molecule has 126 valence electrons. The van der Waals surface area contributed by atoms with Crippen LogP contribution in [0.25, 0.3) is 11.5 Å². The SMILES string of the molecule is CCCCC(CC)CNC(=O)c1c(-c2ccc(C)o2)noc1N. The summed E-state index contributed by atoms with van der Waals surface area (Å²) in [5.41, 5.74) is 6.36. The van der Waals surface area contributed by atoms with E-state index in [1.54, 1.807) is 12.1 Å². The number of nitrogens with zero attached hydrogens (tertiary/aromatic N) is 1. The molecule has 0 aromatic carbocycles. The van der Waals surface area contributed by atoms with Gasteiger partial charge in [-0.15, -0.1) is 0 Å². The van der Waals surface area contributed by atoms with E-state index in [0.717, 1.165) is 25.0 Å². The maximum Gasteiger partial charge on any atom is 0.259 e. The molecule has 0 fully saturated rings. The average Bonchev–Trinajstić information content (AvgIpc) is 3.13. The highest BCUT2D eigenvalue weighted by atomic mass is 16.5. The van der Waals surface area contributed by atoms with Gasteiger partial charge in [0.2, 0.25) is 5.88 Å². The first-order chi connectivity index (χ1) is 11.1. The van der Waals surface area contributed by atoms with Crippen molar-refractivity contribution in [2.45, 2.75) is 46.5 Å². The number of hydrogen-bond donors (Lipinski definition) is 2. The number of rotatable bonds is 8. The van der Waals surface area contributed by atoms with Gasteiger partial charge in [-0.05, 0) is 31.4 Å². The smallest absolute Gasteiger partial charge is 0.259 e. The number of nitrogens with one attached hydrogen (secondary N) is 1. The molecule has 23 heavy (non-hydrogen) atoms. The lowest BCUT2D eigenvalue weighted by molar-refractivity contribution is 0.0946. The summed E-state index contributed by atoms with van der Waals surface area (Å²) < 4.78 is 10.5. The van der Waals surface area contributed by atoms with Gasteiger partial charge >= 0.3 is 0 Å². The van der Waals surface area contributed by atoms with Gasteiger partial charge in [0.1, 0.15) is 11.3 Å². The summed E-state index contributed by atoms with van der Waals surface area (Å²) in [5, 5.41) is 6.80. The molecule has 2 rings (SSSR count). The fraction of sp³-hybridized carbons (Fsp3) is 0.529. The first-order valence-corrected chi connectivity index (χ1v) is 8.16. The quantitative estimate of drug-likeness (QED) is 0.772. The average molecular weight is 319 g/mol. The van der Waals surface area contributed by atoms with Gasteiger partial charge < -0.3 is 20.0 Å². The van der Waals surface area contributed by atoms with E-state index >= 15 is 0 Å². The van der Waals surface area contributed by atoms with Crippen molar-refractivity contribution in [1.29, 1.82) is 0 Å². The van der Waals surface area contributed by atoms with Crippen LogP contribution >= 0.6 is 0 Å². The third-order valence-electron chi connectivity index (χ3n) is 4.01. The van der Waals surface area contributed by atoms with Crippen LogP contribution < -0.4 is 11.1 Å². The minimum absolute atomic E-state index is 0.00756. The lowest BCUT2D eigenvalue weighted by atomic mass is 9.99. The molecule has 1 amide bonds. The molecular formula is C17H25N3O3. The lowest BCUT2D eigenvalue weighted by Crippen LogP contribution is -2.29. The Hall–Kier alpha value is -2.24. The highest BCUT2D eigenvalue weighted by Crippen LogP contribution is 2.28. The number of nitrogen functional groups attached to an aromatic ring is 1. The van der Waals surface area contributed by atoms with E-state index in [1.165, 1.54) is 6.42 Å². The number of nitrogens with two attached hydrogens (primary N) is 1. The second-order valence-corrected chi connectivity index (χ2v) is 5.81. The van der Waals surface area contributed by atoms with Crippen LogP contribution in [0.1, 0.15) is 55.6 Å². The molecule has 0 aliphatic heterocycles. The molecule has 0 bridgehead atoms. The summed E-state index contributed by atoms with van der Waals surface area (Å²) >= 11 is 0. The van der Waals surface area contributed by atoms with Gasteiger partial charge in [-0.2, -0.15) is 0 Å². The molecule has 3 N–H and O–H groups in total. The molecule has 0 radical (unpaired) electrons. The number of aromatic nitrogens is 1. The number of carbonyl (C=O) groups excluding carboxylic acids is 1. The fourth-order valence-electron chi connectivity index (χ4n) is 2.52. The molecule has 2 aromatic rings. The maximum atomic E-state index is 12.5. The Bertz CT molecular complexity index is 645. The minimum Gasteiger partial charge on any atom is -0.460 e. The molecule has 0 aliphatic carbocycles. The van der Waals surface area contributed by atoms with Crippen molar-refractivity contribution in [2.24, 2.45) is 5.92 Å². The predicted octanol–water partition coefficient (Wildman–Crippen LogP) is 3.77. The van der Waals surface area contributed by atoms with Crippen LogP contribution in [-0.2, 0) is 0 Å². The van der Waals surface area contributed by atoms with Crippen molar-refractivity contribution in [3.63, 3.8) is 0 Å². The first-order valence-electron chi connectivity index (χ1n) is 8.16. The van der Waals surface area contributed by atoms with E-state index in [-0.39, 0.29) is 17.4 Å². The van der Waals surface area contributed by atoms with Crippen LogP contribution in [0.5, 0.6) is 0 Å². The van der Waals surface area contributed by atoms with Crippen LogP contribution in [0.2, 0.25) is 0 Å². The Morgan fingerprint density at radius 2 is 2.17 bits per heavy atom. The van der Waals surface area contributed by atoms with Gasteiger partial charge in [0.15, 0.2) is 11.5 Å². The number of furan rings is 1. The van der Waals surface area contributed by atoms with Crippen molar-refractivity contribution >= 4 is 11.8 Å². The van der Waals surface area contributed by atoms with Gasteiger partial charge in [-0.25, -0.2) is 0 Å². The minimum atomic E-state index is -0.275. The van der Waals surface area contributed by atoms with E-state index in [0.29, 0.717) is 23.9 Å². The Labute approximate surface area is 136 Å². The van der Waals surface area contributed by atoms with Gasteiger partial charge in [0, 0.05) is 6.54 Å². The van der Waals surface area contributed by atoms with E-state index < -0.39 is 0 Å². The number of anilines is 1. The van der Waals surface area contributed by atoms with Crippen molar-refractivity contribution in [3.8, 4) is 11.5 Å². The molecule has 1 atom stereocenters. The van der Waals surface area contributed by atoms with Gasteiger partial charge in [-0.3, -0.25) is 4.79 Å². The third kappa shape index (κ3) is 4.15. The molecule has 0 spiro atoms. The van der Waals surface area contributed by atoms with Crippen LogP contribution in [-0.4, -0.2) is 17.6 Å². The van der Waals surface area contributed by atoms with Crippen molar-refractivity contribution in [3.05, 3.63) is 23.5 Å². The van der Waals surface area contributed by atoms with E-state index in [4.69, 9.17) is 14.7 Å². The van der Waals surface area contributed by atoms with Gasteiger partial charge in [0.25, 0.3) is 5.91 Å². The predicted molar refractivity (Wildman–Crippen MR) is 89.0 cm³/mol. The molecule has 1 unspecified atom stereocenters. The third-order valence-corrected chi connectivity index (χ3v) is 4.01. The summed E-state index contributed by atoms with van der Waals surface area (Å²) in [6, 6.07) is 3.55. The summed E-state index contributed by atoms with van der Waals surface area (Å²) in [6.45, 7) is 6.75. The zero-order chi connectivity index (χ0) is 16.8. The molecule has 6 nitrogen and oxygen atoms in total.